The van der Waals surface area contributed by atoms with Crippen molar-refractivity contribution < 1.29 is 14.3 Å². The Hall–Kier alpha value is -4.64. The summed E-state index contributed by atoms with van der Waals surface area (Å²) in [4.78, 5) is 41.1. The van der Waals surface area contributed by atoms with Crippen LogP contribution >= 0.6 is 11.6 Å². The zero-order valence-corrected chi connectivity index (χ0v) is 25.3. The summed E-state index contributed by atoms with van der Waals surface area (Å²) in [6, 6.07) is 16.0. The van der Waals surface area contributed by atoms with Crippen LogP contribution in [0.4, 0.5) is 11.6 Å². The van der Waals surface area contributed by atoms with Crippen molar-refractivity contribution in [1.29, 1.82) is 0 Å². The lowest BCUT2D eigenvalue weighted by Crippen LogP contribution is -2.45. The van der Waals surface area contributed by atoms with Crippen LogP contribution < -0.4 is 21.5 Å². The third kappa shape index (κ3) is 5.92. The maximum absolute atomic E-state index is 13.7. The lowest BCUT2D eigenvalue weighted by Gasteiger charge is -2.37. The Balaban J connectivity index is 1.07. The smallest absolute Gasteiger partial charge is 0.279 e. The Morgan fingerprint density at radius 1 is 1.02 bits per heavy atom. The zero-order valence-electron chi connectivity index (χ0n) is 24.6. The van der Waals surface area contributed by atoms with E-state index >= 15 is 0 Å². The Morgan fingerprint density at radius 2 is 1.80 bits per heavy atom. The van der Waals surface area contributed by atoms with Crippen LogP contribution in [-0.4, -0.2) is 62.3 Å². The molecule has 2 aliphatic rings. The van der Waals surface area contributed by atoms with E-state index in [1.807, 2.05) is 47.5 Å². The van der Waals surface area contributed by atoms with Crippen LogP contribution in [0.3, 0.4) is 0 Å². The number of nitrogens with one attached hydrogen (secondary N) is 1. The number of nitrogen functional groups attached to an aromatic ring is 2. The highest BCUT2D eigenvalue weighted by Crippen LogP contribution is 2.36. The first-order valence-electron chi connectivity index (χ1n) is 14.8. The summed E-state index contributed by atoms with van der Waals surface area (Å²) in [7, 11) is 0. The second-order valence-electron chi connectivity index (χ2n) is 11.3. The first kappa shape index (κ1) is 29.4. The third-order valence-corrected chi connectivity index (χ3v) is 8.81. The number of ether oxygens (including phenoxy) is 1. The maximum atomic E-state index is 13.7. The van der Waals surface area contributed by atoms with Crippen molar-refractivity contribution in [2.75, 3.05) is 31.2 Å². The van der Waals surface area contributed by atoms with Crippen molar-refractivity contribution in [3.63, 3.8) is 0 Å². The molecule has 1 saturated heterocycles. The normalized spacial score (nSPS) is 15.9. The number of hydrogen-bond donors (Lipinski definition) is 3. The van der Waals surface area contributed by atoms with Gasteiger partial charge in [0, 0.05) is 42.2 Å². The largest absolute Gasteiger partial charge is 0.492 e. The number of likely N-dealkylation sites (tertiary alicyclic amines) is 1. The molecule has 2 aromatic carbocycles. The van der Waals surface area contributed by atoms with E-state index in [-0.39, 0.29) is 33.9 Å². The van der Waals surface area contributed by atoms with Crippen LogP contribution in [0.2, 0.25) is 5.15 Å². The molecule has 11 nitrogen and oxygen atoms in total. The Kier molecular flexibility index (Phi) is 8.13. The standard InChI is InChI=1S/C32H35ClN8O3/c1-2-20-6-8-21(9-7-20)44-19-18-40-15-11-22-23(4-3-5-24(22)40)31(43)41-16-13-32(14-17-41)12-10-25(39-32)36-30(42)26-28(34)38-29(35)27(33)37-26/h3-9,11,15H,2,10,12-14,16-19H2,1H3,(H4,34,35,38)(H,36,39,42). The summed E-state index contributed by atoms with van der Waals surface area (Å²) < 4.78 is 8.08. The first-order valence-corrected chi connectivity index (χ1v) is 15.2. The van der Waals surface area contributed by atoms with Crippen LogP contribution in [-0.2, 0) is 13.0 Å². The molecule has 0 bridgehead atoms. The minimum Gasteiger partial charge on any atom is -0.492 e. The van der Waals surface area contributed by atoms with Gasteiger partial charge in [-0.25, -0.2) is 9.97 Å². The number of hydrogen-bond acceptors (Lipinski definition) is 8. The number of halogens is 1. The summed E-state index contributed by atoms with van der Waals surface area (Å²) in [6.07, 6.45) is 5.83. The molecule has 228 valence electrons. The number of aliphatic imine (C=N–C) groups is 1. The molecule has 12 heteroatoms. The fourth-order valence-electron chi connectivity index (χ4n) is 5.98. The lowest BCUT2D eigenvalue weighted by atomic mass is 9.85. The molecular weight excluding hydrogens is 580 g/mol. The minimum atomic E-state index is -0.530. The van der Waals surface area contributed by atoms with Crippen LogP contribution in [0.15, 0.2) is 59.7 Å². The summed E-state index contributed by atoms with van der Waals surface area (Å²) in [5, 5.41) is 3.65. The van der Waals surface area contributed by atoms with Crippen molar-refractivity contribution in [3.8, 4) is 5.75 Å². The van der Waals surface area contributed by atoms with Crippen LogP contribution in [0.5, 0.6) is 5.75 Å². The molecule has 2 aromatic heterocycles. The number of amides is 2. The molecular formula is C32H35ClN8O3. The molecule has 2 aliphatic heterocycles. The summed E-state index contributed by atoms with van der Waals surface area (Å²) in [5.41, 5.74) is 14.0. The van der Waals surface area contributed by atoms with Crippen LogP contribution in [0, 0.1) is 0 Å². The van der Waals surface area contributed by atoms with Crippen molar-refractivity contribution in [3.05, 3.63) is 76.7 Å². The van der Waals surface area contributed by atoms with Crippen molar-refractivity contribution in [1.82, 2.24) is 24.8 Å². The van der Waals surface area contributed by atoms with Crippen molar-refractivity contribution in [2.24, 2.45) is 4.99 Å². The minimum absolute atomic E-state index is 0.0141. The highest BCUT2D eigenvalue weighted by atomic mass is 35.5. The van der Waals surface area contributed by atoms with Gasteiger partial charge in [0.15, 0.2) is 22.5 Å². The van der Waals surface area contributed by atoms with Crippen molar-refractivity contribution in [2.45, 2.75) is 51.1 Å². The fraction of sp³-hybridized carbons (Fsp3) is 0.344. The van der Waals surface area contributed by atoms with Gasteiger partial charge in [0.1, 0.15) is 18.2 Å². The molecule has 0 aliphatic carbocycles. The Morgan fingerprint density at radius 3 is 2.55 bits per heavy atom. The fourth-order valence-corrected chi connectivity index (χ4v) is 6.11. The van der Waals surface area contributed by atoms with Gasteiger partial charge in [-0.2, -0.15) is 0 Å². The van der Waals surface area contributed by atoms with E-state index in [1.54, 1.807) is 0 Å². The van der Waals surface area contributed by atoms with Gasteiger partial charge >= 0.3 is 0 Å². The average molecular weight is 615 g/mol. The van der Waals surface area contributed by atoms with Gasteiger partial charge in [-0.1, -0.05) is 36.7 Å². The van der Waals surface area contributed by atoms with Gasteiger partial charge in [-0.05, 0) is 61.6 Å². The first-order chi connectivity index (χ1) is 21.2. The van der Waals surface area contributed by atoms with E-state index < -0.39 is 5.91 Å². The highest BCUT2D eigenvalue weighted by molar-refractivity contribution is 6.31. The molecule has 4 aromatic rings. The monoisotopic (exact) mass is 614 g/mol. The number of benzene rings is 2. The number of nitrogens with two attached hydrogens (primary N) is 2. The Labute approximate surface area is 260 Å². The molecule has 1 fully saturated rings. The molecule has 2 amide bonds. The summed E-state index contributed by atoms with van der Waals surface area (Å²) in [6.45, 7) is 4.49. The van der Waals surface area contributed by atoms with Crippen LogP contribution in [0.25, 0.3) is 10.9 Å². The zero-order chi connectivity index (χ0) is 30.8. The summed E-state index contributed by atoms with van der Waals surface area (Å²) in [5.74, 6) is 0.770. The number of anilines is 2. The van der Waals surface area contributed by atoms with E-state index in [2.05, 4.69) is 38.9 Å². The number of amidine groups is 1. The SMILES string of the molecule is CCc1ccc(OCCn2ccc3c(C(=O)N4CCC5(CCC(NC(=O)c6nc(Cl)c(N)nc6N)=N5)CC4)cccc32)cc1. The summed E-state index contributed by atoms with van der Waals surface area (Å²) >= 11 is 5.93. The molecule has 44 heavy (non-hydrogen) atoms. The number of rotatable bonds is 7. The molecule has 0 radical (unpaired) electrons. The number of fused-ring (bicyclic) bond motifs is 1. The molecule has 1 spiro atoms. The molecule has 0 unspecified atom stereocenters. The average Bonchev–Trinajstić information content (AvgIpc) is 3.63. The highest BCUT2D eigenvalue weighted by Gasteiger charge is 2.40. The lowest BCUT2D eigenvalue weighted by molar-refractivity contribution is 0.0675. The number of aryl methyl sites for hydroxylation is 1. The quantitative estimate of drug-likeness (QED) is 0.277. The predicted octanol–water partition coefficient (Wildman–Crippen LogP) is 4.49. The van der Waals surface area contributed by atoms with Gasteiger partial charge in [0.25, 0.3) is 11.8 Å². The second-order valence-corrected chi connectivity index (χ2v) is 11.6. The molecule has 5 N–H and O–H groups in total. The van der Waals surface area contributed by atoms with E-state index in [9.17, 15) is 9.59 Å². The van der Waals surface area contributed by atoms with E-state index in [1.165, 1.54) is 5.56 Å². The maximum Gasteiger partial charge on any atom is 0.279 e. The second kappa shape index (κ2) is 12.2. The molecule has 0 atom stereocenters. The number of carbonyl (C=O) groups is 2. The van der Waals surface area contributed by atoms with Gasteiger partial charge in [-0.15, -0.1) is 0 Å². The van der Waals surface area contributed by atoms with Gasteiger partial charge < -0.3 is 31.0 Å². The van der Waals surface area contributed by atoms with Crippen LogP contribution in [0.1, 0.15) is 59.0 Å². The van der Waals surface area contributed by atoms with Gasteiger partial charge in [0.05, 0.1) is 12.1 Å². The number of piperidine rings is 1. The van der Waals surface area contributed by atoms with E-state index in [0.29, 0.717) is 56.9 Å². The topological polar surface area (TPSA) is 154 Å². The van der Waals surface area contributed by atoms with Gasteiger partial charge in [-0.3, -0.25) is 14.6 Å². The number of aromatic nitrogens is 3. The number of nitrogens with zero attached hydrogens (tertiary/aromatic N) is 5. The van der Waals surface area contributed by atoms with E-state index in [4.69, 9.17) is 32.8 Å². The van der Waals surface area contributed by atoms with Gasteiger partial charge in [0.2, 0.25) is 0 Å². The van der Waals surface area contributed by atoms with Crippen molar-refractivity contribution >= 4 is 51.8 Å². The number of carbonyl (C=O) groups excluding carboxylic acids is 2. The van der Waals surface area contributed by atoms with E-state index in [0.717, 1.165) is 29.5 Å². The Bertz CT molecular complexity index is 1740. The third-order valence-electron chi connectivity index (χ3n) is 8.54. The molecule has 6 rings (SSSR count). The molecule has 4 heterocycles. The molecule has 0 saturated carbocycles. The predicted molar refractivity (Wildman–Crippen MR) is 171 cm³/mol.